The number of fused-ring (bicyclic) bond motifs is 1. The minimum Gasteiger partial charge on any atom is -0.321 e. The summed E-state index contributed by atoms with van der Waals surface area (Å²) in [6, 6.07) is 8.74. The lowest BCUT2D eigenvalue weighted by molar-refractivity contribution is -0.137. The van der Waals surface area contributed by atoms with E-state index in [2.05, 4.69) is 20.1 Å². The van der Waals surface area contributed by atoms with Crippen molar-refractivity contribution in [1.82, 2.24) is 29.3 Å². The average molecular weight is 466 g/mol. The first-order valence-electron chi connectivity index (χ1n) is 10.8. The Labute approximate surface area is 192 Å². The van der Waals surface area contributed by atoms with E-state index in [4.69, 9.17) is 0 Å². The van der Waals surface area contributed by atoms with Crippen LogP contribution in [0.1, 0.15) is 52.9 Å². The Morgan fingerprint density at radius 3 is 2.59 bits per heavy atom. The Morgan fingerprint density at radius 1 is 1.12 bits per heavy atom. The quantitative estimate of drug-likeness (QED) is 0.478. The number of hydrogen-bond acceptors (Lipinski definition) is 4. The number of aromatic nitrogens is 6. The molecule has 0 aliphatic carbocycles. The summed E-state index contributed by atoms with van der Waals surface area (Å²) < 4.78 is 42.2. The van der Waals surface area contributed by atoms with Crippen LogP contribution in [0, 0.1) is 6.92 Å². The number of aromatic amines is 1. The molecule has 0 saturated heterocycles. The first-order valence-corrected chi connectivity index (χ1v) is 10.8. The summed E-state index contributed by atoms with van der Waals surface area (Å²) in [5.74, 6) is 1.08. The fraction of sp³-hybridized carbons (Fsp3) is 0.250. The topological polar surface area (TPSA) is 81.4 Å². The van der Waals surface area contributed by atoms with E-state index < -0.39 is 11.7 Å². The molecule has 1 aliphatic heterocycles. The number of benzene rings is 1. The van der Waals surface area contributed by atoms with Gasteiger partial charge in [0.05, 0.1) is 17.6 Å². The molecule has 0 radical (unpaired) electrons. The van der Waals surface area contributed by atoms with E-state index in [1.54, 1.807) is 46.1 Å². The van der Waals surface area contributed by atoms with Gasteiger partial charge in [0.15, 0.2) is 5.82 Å². The van der Waals surface area contributed by atoms with Crippen LogP contribution in [0.25, 0.3) is 17.8 Å². The first kappa shape index (κ1) is 21.9. The standard InChI is InChI=1S/C24H21F3N6O/c1-15-13-32(14-28-15)20-10-8-18(29-23(20)34)9-11-21-30-22-19(3-2-12-33(22)31-21)16-4-6-17(7-5-16)24(25,26)27/h4-11,13-14,19H,2-3,12H2,1H3,(H,29,34)/t19-/m1/s1. The molecule has 7 nitrogen and oxygen atoms in total. The van der Waals surface area contributed by atoms with Crippen molar-refractivity contribution in [2.24, 2.45) is 0 Å². The smallest absolute Gasteiger partial charge is 0.321 e. The van der Waals surface area contributed by atoms with Gasteiger partial charge in [0.1, 0.15) is 11.5 Å². The lowest BCUT2D eigenvalue weighted by Crippen LogP contribution is -2.18. The summed E-state index contributed by atoms with van der Waals surface area (Å²) in [6.07, 6.45) is 4.07. The highest BCUT2D eigenvalue weighted by Crippen LogP contribution is 2.35. The van der Waals surface area contributed by atoms with Crippen LogP contribution in [0.3, 0.4) is 0 Å². The third kappa shape index (κ3) is 4.30. The fourth-order valence-electron chi connectivity index (χ4n) is 4.16. The molecule has 3 aromatic heterocycles. The molecule has 4 aromatic rings. The molecular formula is C24H21F3N6O. The van der Waals surface area contributed by atoms with Gasteiger partial charge in [-0.05, 0) is 61.7 Å². The van der Waals surface area contributed by atoms with Crippen molar-refractivity contribution in [2.75, 3.05) is 0 Å². The number of nitrogens with one attached hydrogen (secondary N) is 1. The van der Waals surface area contributed by atoms with Gasteiger partial charge in [-0.25, -0.2) is 14.6 Å². The Morgan fingerprint density at radius 2 is 1.91 bits per heavy atom. The lowest BCUT2D eigenvalue weighted by atomic mass is 9.90. The molecule has 1 aliphatic rings. The van der Waals surface area contributed by atoms with E-state index in [-0.39, 0.29) is 11.5 Å². The van der Waals surface area contributed by atoms with E-state index in [0.29, 0.717) is 23.8 Å². The van der Waals surface area contributed by atoms with Crippen molar-refractivity contribution < 1.29 is 13.2 Å². The van der Waals surface area contributed by atoms with Gasteiger partial charge in [0, 0.05) is 24.4 Å². The molecular weight excluding hydrogens is 445 g/mol. The van der Waals surface area contributed by atoms with Gasteiger partial charge in [-0.1, -0.05) is 12.1 Å². The summed E-state index contributed by atoms with van der Waals surface area (Å²) in [4.78, 5) is 24.0. The van der Waals surface area contributed by atoms with Crippen molar-refractivity contribution in [1.29, 1.82) is 0 Å². The third-order valence-corrected chi connectivity index (χ3v) is 5.84. The Kier molecular flexibility index (Phi) is 5.43. The van der Waals surface area contributed by atoms with E-state index in [1.807, 2.05) is 6.92 Å². The van der Waals surface area contributed by atoms with Crippen molar-refractivity contribution in [3.63, 3.8) is 0 Å². The van der Waals surface area contributed by atoms with Gasteiger partial charge in [-0.2, -0.15) is 18.3 Å². The molecule has 1 aromatic carbocycles. The number of aryl methyl sites for hydroxylation is 2. The Balaban J connectivity index is 1.37. The highest BCUT2D eigenvalue weighted by molar-refractivity contribution is 5.64. The van der Waals surface area contributed by atoms with Gasteiger partial charge >= 0.3 is 6.18 Å². The van der Waals surface area contributed by atoms with Crippen LogP contribution in [-0.2, 0) is 12.7 Å². The average Bonchev–Trinajstić information content (AvgIpc) is 3.43. The molecule has 174 valence electrons. The minimum absolute atomic E-state index is 0.122. The van der Waals surface area contributed by atoms with Crippen LogP contribution >= 0.6 is 0 Å². The number of H-pyrrole nitrogens is 1. The number of pyridine rings is 1. The van der Waals surface area contributed by atoms with Crippen LogP contribution in [0.2, 0.25) is 0 Å². The van der Waals surface area contributed by atoms with Gasteiger partial charge < -0.3 is 9.55 Å². The van der Waals surface area contributed by atoms with Gasteiger partial charge in [-0.3, -0.25) is 4.79 Å². The second-order valence-electron chi connectivity index (χ2n) is 8.25. The lowest BCUT2D eigenvalue weighted by Gasteiger charge is -2.22. The molecule has 0 spiro atoms. The Bertz CT molecular complexity index is 1410. The molecule has 5 rings (SSSR count). The molecule has 0 amide bonds. The third-order valence-electron chi connectivity index (χ3n) is 5.84. The van der Waals surface area contributed by atoms with Crippen molar-refractivity contribution >= 4 is 12.2 Å². The summed E-state index contributed by atoms with van der Waals surface area (Å²) in [6.45, 7) is 2.55. The number of imidazole rings is 1. The van der Waals surface area contributed by atoms with E-state index in [9.17, 15) is 18.0 Å². The molecule has 1 atom stereocenters. The predicted octanol–water partition coefficient (Wildman–Crippen LogP) is 4.58. The van der Waals surface area contributed by atoms with Crippen molar-refractivity contribution in [3.05, 3.63) is 93.4 Å². The van der Waals surface area contributed by atoms with Crippen molar-refractivity contribution in [3.8, 4) is 5.69 Å². The van der Waals surface area contributed by atoms with E-state index >= 15 is 0 Å². The number of alkyl halides is 3. The zero-order chi connectivity index (χ0) is 23.9. The Hall–Kier alpha value is -3.95. The van der Waals surface area contributed by atoms with Gasteiger partial charge in [0.25, 0.3) is 5.56 Å². The highest BCUT2D eigenvalue weighted by Gasteiger charge is 2.31. The van der Waals surface area contributed by atoms with E-state index in [0.717, 1.165) is 42.1 Å². The van der Waals surface area contributed by atoms with Crippen LogP contribution in [0.5, 0.6) is 0 Å². The molecule has 4 heterocycles. The molecule has 0 saturated carbocycles. The van der Waals surface area contributed by atoms with Crippen LogP contribution in [-0.4, -0.2) is 29.3 Å². The van der Waals surface area contributed by atoms with Crippen LogP contribution in [0.4, 0.5) is 13.2 Å². The number of hydrogen-bond donors (Lipinski definition) is 1. The molecule has 34 heavy (non-hydrogen) atoms. The van der Waals surface area contributed by atoms with Crippen LogP contribution < -0.4 is 5.56 Å². The van der Waals surface area contributed by atoms with E-state index in [1.165, 1.54) is 12.1 Å². The minimum atomic E-state index is -4.36. The summed E-state index contributed by atoms with van der Waals surface area (Å²) >= 11 is 0. The largest absolute Gasteiger partial charge is 0.416 e. The predicted molar refractivity (Wildman–Crippen MR) is 120 cm³/mol. The summed E-state index contributed by atoms with van der Waals surface area (Å²) in [5, 5.41) is 4.52. The molecule has 10 heteroatoms. The maximum Gasteiger partial charge on any atom is 0.416 e. The SMILES string of the molecule is Cc1cn(-c2ccc(C=Cc3nc4n(n3)CCC[C@@H]4c3ccc(C(F)(F)F)cc3)[nH]c2=O)cn1. The zero-order valence-electron chi connectivity index (χ0n) is 18.3. The summed E-state index contributed by atoms with van der Waals surface area (Å²) in [7, 11) is 0. The maximum absolute atomic E-state index is 12.9. The van der Waals surface area contributed by atoms with Crippen LogP contribution in [0.15, 0.2) is 53.7 Å². The normalized spacial score (nSPS) is 16.2. The van der Waals surface area contributed by atoms with Crippen molar-refractivity contribution in [2.45, 2.75) is 38.4 Å². The molecule has 0 unspecified atom stereocenters. The zero-order valence-corrected chi connectivity index (χ0v) is 18.3. The molecule has 0 fully saturated rings. The second-order valence-corrected chi connectivity index (χ2v) is 8.25. The number of nitrogens with zero attached hydrogens (tertiary/aromatic N) is 5. The second kappa shape index (κ2) is 8.44. The van der Waals surface area contributed by atoms with Gasteiger partial charge in [0.2, 0.25) is 0 Å². The monoisotopic (exact) mass is 466 g/mol. The molecule has 0 bridgehead atoms. The van der Waals surface area contributed by atoms with Gasteiger partial charge in [-0.15, -0.1) is 0 Å². The maximum atomic E-state index is 12.9. The number of rotatable bonds is 4. The fourth-order valence-corrected chi connectivity index (χ4v) is 4.16. The summed E-state index contributed by atoms with van der Waals surface area (Å²) in [5.41, 5.74) is 1.74. The first-order chi connectivity index (χ1) is 16.3. The number of halogens is 3. The highest BCUT2D eigenvalue weighted by atomic mass is 19.4. The molecule has 1 N–H and O–H groups in total.